The maximum atomic E-state index is 12.9. The number of carbonyl (C=O) groups excluding carboxylic acids is 1. The third-order valence-electron chi connectivity index (χ3n) is 6.85. The lowest BCUT2D eigenvalue weighted by Crippen LogP contribution is -1.94. The lowest BCUT2D eigenvalue weighted by atomic mass is 10.0. The van der Waals surface area contributed by atoms with Gasteiger partial charge in [-0.3, -0.25) is 15.0 Å². The summed E-state index contributed by atoms with van der Waals surface area (Å²) in [7, 11) is 0. The molecule has 0 aliphatic heterocycles. The van der Waals surface area contributed by atoms with Gasteiger partial charge in [-0.25, -0.2) is 8.78 Å². The molecule has 0 bridgehead atoms. The Bertz CT molecular complexity index is 1710. The Morgan fingerprint density at radius 3 is 1.75 bits per heavy atom. The van der Waals surface area contributed by atoms with Gasteiger partial charge >= 0.3 is 0 Å². The molecule has 226 valence electrons. The average Bonchev–Trinajstić information content (AvgIpc) is 3.59. The molecule has 0 amide bonds. The zero-order chi connectivity index (χ0) is 30.6. The van der Waals surface area contributed by atoms with Crippen LogP contribution in [0.5, 0.6) is 0 Å². The molecule has 4 aromatic carbocycles. The fraction of sp³-hybridized carbons (Fsp3) is 0.139. The summed E-state index contributed by atoms with van der Waals surface area (Å²) in [5.41, 5.74) is 14.8. The highest BCUT2D eigenvalue weighted by Gasteiger charge is 2.10. The molecular weight excluding hydrogens is 556 g/mol. The lowest BCUT2D eigenvalue weighted by Gasteiger charge is -2.02. The predicted molar refractivity (Wildman–Crippen MR) is 174 cm³/mol. The van der Waals surface area contributed by atoms with Crippen molar-refractivity contribution in [1.29, 1.82) is 0 Å². The van der Waals surface area contributed by atoms with Crippen molar-refractivity contribution in [3.63, 3.8) is 0 Å². The van der Waals surface area contributed by atoms with Crippen LogP contribution in [-0.4, -0.2) is 26.7 Å². The van der Waals surface area contributed by atoms with Crippen molar-refractivity contribution in [2.24, 2.45) is 0 Å². The van der Waals surface area contributed by atoms with Gasteiger partial charge < -0.3 is 5.73 Å². The summed E-state index contributed by atoms with van der Waals surface area (Å²) in [6.45, 7) is 4.05. The number of nitrogens with zero attached hydrogens (tertiary/aromatic N) is 2. The Hall–Kier alpha value is -5.37. The number of aryl methyl sites for hydroxylation is 2. The third kappa shape index (κ3) is 9.06. The van der Waals surface area contributed by atoms with Crippen LogP contribution >= 0.6 is 0 Å². The van der Waals surface area contributed by atoms with E-state index in [1.807, 2.05) is 67.6 Å². The minimum Gasteiger partial charge on any atom is -0.382 e. The number of aldehydes is 1. The molecule has 6 rings (SSSR count). The highest BCUT2D eigenvalue weighted by molar-refractivity contribution is 5.74. The van der Waals surface area contributed by atoms with Gasteiger partial charge in [-0.15, -0.1) is 0 Å². The number of halogens is 2. The van der Waals surface area contributed by atoms with Crippen LogP contribution in [-0.2, 0) is 12.8 Å². The van der Waals surface area contributed by atoms with Crippen LogP contribution in [0, 0.1) is 25.5 Å². The van der Waals surface area contributed by atoms with Crippen LogP contribution < -0.4 is 5.73 Å². The molecule has 0 unspecified atom stereocenters. The standard InChI is InChI=1S/C18H17FN2.C10H11N3.C7H5FO.CH4/c1-13-17(12-9-14-7-10-16(19)11-8-14)20-21-18(13)15-5-3-2-4-6-15;1-7-9(12-13-10(7)11)8-5-3-2-4-6-8;8-7-3-1-6(5-9)2-4-7;/h2-8,10-11H,9,12H2,1H3,(H,20,21);2-6H,1H3,(H3,11,12,13);1-5H;1H4. The minimum atomic E-state index is -0.319. The molecule has 0 atom stereocenters. The van der Waals surface area contributed by atoms with E-state index < -0.39 is 0 Å². The molecule has 0 aliphatic rings. The van der Waals surface area contributed by atoms with Crippen LogP contribution in [0.1, 0.15) is 40.2 Å². The van der Waals surface area contributed by atoms with Gasteiger partial charge in [0.1, 0.15) is 23.7 Å². The smallest absolute Gasteiger partial charge is 0.150 e. The van der Waals surface area contributed by atoms with Gasteiger partial charge in [0.05, 0.1) is 11.4 Å². The van der Waals surface area contributed by atoms with Crippen molar-refractivity contribution in [2.45, 2.75) is 34.1 Å². The van der Waals surface area contributed by atoms with E-state index in [0.29, 0.717) is 17.7 Å². The second-order valence-corrected chi connectivity index (χ2v) is 9.81. The highest BCUT2D eigenvalue weighted by atomic mass is 19.1. The molecule has 0 aliphatic carbocycles. The first-order chi connectivity index (χ1) is 20.9. The topological polar surface area (TPSA) is 100 Å². The van der Waals surface area contributed by atoms with Gasteiger partial charge in [0.15, 0.2) is 0 Å². The molecule has 0 radical (unpaired) electrons. The first-order valence-electron chi connectivity index (χ1n) is 13.8. The van der Waals surface area contributed by atoms with Crippen LogP contribution in [0.15, 0.2) is 109 Å². The summed E-state index contributed by atoms with van der Waals surface area (Å²) < 4.78 is 25.0. The summed E-state index contributed by atoms with van der Waals surface area (Å²) >= 11 is 0. The Morgan fingerprint density at radius 1 is 0.682 bits per heavy atom. The summed E-state index contributed by atoms with van der Waals surface area (Å²) in [6, 6.07) is 32.2. The van der Waals surface area contributed by atoms with Crippen LogP contribution in [0.4, 0.5) is 14.6 Å². The average molecular weight is 594 g/mol. The second-order valence-electron chi connectivity index (χ2n) is 9.81. The minimum absolute atomic E-state index is 0. The third-order valence-corrected chi connectivity index (χ3v) is 6.85. The van der Waals surface area contributed by atoms with Crippen molar-refractivity contribution in [3.8, 4) is 22.5 Å². The van der Waals surface area contributed by atoms with E-state index in [4.69, 9.17) is 5.73 Å². The van der Waals surface area contributed by atoms with Gasteiger partial charge in [0.25, 0.3) is 0 Å². The lowest BCUT2D eigenvalue weighted by molar-refractivity contribution is 0.112. The van der Waals surface area contributed by atoms with E-state index in [-0.39, 0.29) is 19.1 Å². The number of nitrogens with one attached hydrogen (secondary N) is 2. The van der Waals surface area contributed by atoms with Crippen molar-refractivity contribution in [1.82, 2.24) is 20.4 Å². The predicted octanol–water partition coefficient (Wildman–Crippen LogP) is 8.55. The first kappa shape index (κ1) is 33.1. The number of H-pyrrole nitrogens is 2. The maximum Gasteiger partial charge on any atom is 0.150 e. The number of anilines is 1. The van der Waals surface area contributed by atoms with E-state index in [1.54, 1.807) is 0 Å². The molecule has 8 heteroatoms. The van der Waals surface area contributed by atoms with Gasteiger partial charge in [0.2, 0.25) is 0 Å². The molecule has 6 aromatic rings. The summed E-state index contributed by atoms with van der Waals surface area (Å²) in [5.74, 6) is 0.0577. The molecule has 0 saturated heterocycles. The largest absolute Gasteiger partial charge is 0.382 e. The number of hydrogen-bond donors (Lipinski definition) is 3. The number of rotatable bonds is 6. The van der Waals surface area contributed by atoms with Gasteiger partial charge in [0, 0.05) is 22.4 Å². The van der Waals surface area contributed by atoms with Gasteiger partial charge in [-0.2, -0.15) is 10.2 Å². The second kappa shape index (κ2) is 16.3. The Labute approximate surface area is 257 Å². The van der Waals surface area contributed by atoms with Crippen LogP contribution in [0.2, 0.25) is 0 Å². The van der Waals surface area contributed by atoms with Gasteiger partial charge in [-0.1, -0.05) is 80.2 Å². The molecule has 2 heterocycles. The monoisotopic (exact) mass is 593 g/mol. The zero-order valence-electron chi connectivity index (χ0n) is 24.0. The van der Waals surface area contributed by atoms with E-state index in [0.717, 1.165) is 52.2 Å². The zero-order valence-corrected chi connectivity index (χ0v) is 24.0. The Morgan fingerprint density at radius 2 is 1.23 bits per heavy atom. The number of nitrogen functional groups attached to an aromatic ring is 1. The molecule has 2 aromatic heterocycles. The number of nitrogens with two attached hydrogens (primary N) is 1. The van der Waals surface area contributed by atoms with E-state index in [9.17, 15) is 13.6 Å². The quantitative estimate of drug-likeness (QED) is 0.168. The number of aromatic nitrogens is 4. The van der Waals surface area contributed by atoms with Crippen molar-refractivity contribution >= 4 is 12.1 Å². The summed E-state index contributed by atoms with van der Waals surface area (Å²) in [6.07, 6.45) is 2.42. The van der Waals surface area contributed by atoms with E-state index >= 15 is 0 Å². The number of hydrogen-bond acceptors (Lipinski definition) is 4. The first-order valence-corrected chi connectivity index (χ1v) is 13.8. The highest BCUT2D eigenvalue weighted by Crippen LogP contribution is 2.24. The number of carbonyl (C=O) groups is 1. The fourth-order valence-corrected chi connectivity index (χ4v) is 4.31. The normalized spacial score (nSPS) is 10.0. The van der Waals surface area contributed by atoms with Gasteiger partial charge in [-0.05, 0) is 79.8 Å². The molecule has 0 spiro atoms. The number of aromatic amines is 2. The molecule has 4 N–H and O–H groups in total. The Balaban J connectivity index is 0.000000197. The molecule has 0 fully saturated rings. The van der Waals surface area contributed by atoms with Crippen molar-refractivity contribution in [3.05, 3.63) is 149 Å². The number of benzene rings is 4. The summed E-state index contributed by atoms with van der Waals surface area (Å²) in [5, 5.41) is 14.4. The Kier molecular flexibility index (Phi) is 12.3. The van der Waals surface area contributed by atoms with E-state index in [1.165, 1.54) is 42.0 Å². The fourth-order valence-electron chi connectivity index (χ4n) is 4.31. The van der Waals surface area contributed by atoms with E-state index in [2.05, 4.69) is 39.5 Å². The van der Waals surface area contributed by atoms with Crippen LogP contribution in [0.25, 0.3) is 22.5 Å². The van der Waals surface area contributed by atoms with Crippen molar-refractivity contribution in [2.75, 3.05) is 5.73 Å². The molecule has 6 nitrogen and oxygen atoms in total. The van der Waals surface area contributed by atoms with Crippen molar-refractivity contribution < 1.29 is 13.6 Å². The maximum absolute atomic E-state index is 12.9. The SMILES string of the molecule is C.Cc1c(-c2ccccc2)n[nH]c1CCc1ccc(F)cc1.Cc1c(N)n[nH]c1-c1ccccc1.O=Cc1ccc(F)cc1. The molecule has 44 heavy (non-hydrogen) atoms. The summed E-state index contributed by atoms with van der Waals surface area (Å²) in [4.78, 5) is 10.00. The molecule has 0 saturated carbocycles. The van der Waals surface area contributed by atoms with Crippen LogP contribution in [0.3, 0.4) is 0 Å². The molecular formula is C36H37F2N5O.